The van der Waals surface area contributed by atoms with Crippen molar-refractivity contribution >= 4 is 46.9 Å². The SMILES string of the molecule is O=C(NC1CCCc2ccccc21)c1ccc(/C=C2/Sc3ccccc3N(Cc3cccc(Cl)c3)C2=O)cc1. The normalized spacial score (nSPS) is 17.5. The number of amides is 2. The lowest BCUT2D eigenvalue weighted by atomic mass is 9.87. The van der Waals surface area contributed by atoms with E-state index in [1.807, 2.05) is 84.9 Å². The van der Waals surface area contributed by atoms with Crippen molar-refractivity contribution in [2.75, 3.05) is 4.90 Å². The van der Waals surface area contributed by atoms with Crippen LogP contribution in [-0.2, 0) is 17.8 Å². The molecule has 4 aromatic carbocycles. The smallest absolute Gasteiger partial charge is 0.265 e. The van der Waals surface area contributed by atoms with Crippen LogP contribution < -0.4 is 10.2 Å². The van der Waals surface area contributed by atoms with Crippen LogP contribution in [0.25, 0.3) is 6.08 Å². The molecule has 0 saturated heterocycles. The number of rotatable bonds is 5. The summed E-state index contributed by atoms with van der Waals surface area (Å²) in [7, 11) is 0. The Morgan fingerprint density at radius 3 is 2.62 bits per heavy atom. The second-order valence-corrected chi connectivity index (χ2v) is 11.4. The molecule has 0 aromatic heterocycles. The third kappa shape index (κ3) is 5.51. The molecule has 0 fully saturated rings. The zero-order chi connectivity index (χ0) is 26.8. The van der Waals surface area contributed by atoms with Crippen LogP contribution in [0.3, 0.4) is 0 Å². The Bertz CT molecular complexity index is 1580. The van der Waals surface area contributed by atoms with Gasteiger partial charge in [0.25, 0.3) is 11.8 Å². The number of halogens is 1. The van der Waals surface area contributed by atoms with Gasteiger partial charge in [-0.1, -0.05) is 84.0 Å². The molecule has 1 unspecified atom stereocenters. The predicted molar refractivity (Wildman–Crippen MR) is 159 cm³/mol. The van der Waals surface area contributed by atoms with E-state index in [0.29, 0.717) is 22.0 Å². The van der Waals surface area contributed by atoms with Crippen molar-refractivity contribution in [2.45, 2.75) is 36.7 Å². The van der Waals surface area contributed by atoms with Crippen molar-refractivity contribution in [3.63, 3.8) is 0 Å². The van der Waals surface area contributed by atoms with Crippen LogP contribution in [0, 0.1) is 0 Å². The number of hydrogen-bond acceptors (Lipinski definition) is 3. The summed E-state index contributed by atoms with van der Waals surface area (Å²) in [5, 5.41) is 3.86. The highest BCUT2D eigenvalue weighted by Crippen LogP contribution is 2.42. The van der Waals surface area contributed by atoms with Crippen molar-refractivity contribution in [3.05, 3.63) is 135 Å². The van der Waals surface area contributed by atoms with Gasteiger partial charge in [0.05, 0.1) is 23.2 Å². The zero-order valence-electron chi connectivity index (χ0n) is 21.3. The summed E-state index contributed by atoms with van der Waals surface area (Å²) >= 11 is 7.67. The summed E-state index contributed by atoms with van der Waals surface area (Å²) in [6.07, 6.45) is 4.97. The van der Waals surface area contributed by atoms with E-state index < -0.39 is 0 Å². The van der Waals surface area contributed by atoms with Crippen LogP contribution in [0.1, 0.15) is 51.5 Å². The molecule has 1 N–H and O–H groups in total. The van der Waals surface area contributed by atoms with Gasteiger partial charge in [-0.15, -0.1) is 0 Å². The topological polar surface area (TPSA) is 49.4 Å². The largest absolute Gasteiger partial charge is 0.345 e. The second kappa shape index (κ2) is 11.1. The Morgan fingerprint density at radius 2 is 1.77 bits per heavy atom. The molecular formula is C33H27ClN2O2S. The minimum Gasteiger partial charge on any atom is -0.345 e. The van der Waals surface area contributed by atoms with Gasteiger partial charge in [-0.2, -0.15) is 0 Å². The molecule has 6 heteroatoms. The van der Waals surface area contributed by atoms with Crippen LogP contribution in [0.15, 0.2) is 107 Å². The fourth-order valence-corrected chi connectivity index (χ4v) is 6.54. The zero-order valence-corrected chi connectivity index (χ0v) is 22.8. The molecule has 2 aliphatic rings. The number of para-hydroxylation sites is 1. The molecule has 39 heavy (non-hydrogen) atoms. The Kier molecular flexibility index (Phi) is 7.27. The molecule has 0 radical (unpaired) electrons. The van der Waals surface area contributed by atoms with Crippen LogP contribution in [-0.4, -0.2) is 11.8 Å². The summed E-state index contributed by atoms with van der Waals surface area (Å²) in [5.74, 6) is -0.142. The van der Waals surface area contributed by atoms with Gasteiger partial charge in [0, 0.05) is 15.5 Å². The molecule has 1 aliphatic heterocycles. The van der Waals surface area contributed by atoms with E-state index in [2.05, 4.69) is 23.5 Å². The maximum absolute atomic E-state index is 13.6. The van der Waals surface area contributed by atoms with E-state index in [-0.39, 0.29) is 17.9 Å². The monoisotopic (exact) mass is 550 g/mol. The van der Waals surface area contributed by atoms with Gasteiger partial charge >= 0.3 is 0 Å². The first-order chi connectivity index (χ1) is 19.0. The molecule has 0 spiro atoms. The maximum atomic E-state index is 13.6. The Morgan fingerprint density at radius 1 is 0.974 bits per heavy atom. The van der Waals surface area contributed by atoms with E-state index in [1.54, 1.807) is 4.90 Å². The fraction of sp³-hybridized carbons (Fsp3) is 0.152. The van der Waals surface area contributed by atoms with Crippen molar-refractivity contribution in [1.82, 2.24) is 5.32 Å². The van der Waals surface area contributed by atoms with E-state index >= 15 is 0 Å². The third-order valence-electron chi connectivity index (χ3n) is 7.21. The number of anilines is 1. The molecule has 1 aliphatic carbocycles. The standard InChI is InChI=1S/C33H27ClN2O2S/c34-26-10-5-7-23(19-26)21-36-29-13-3-4-14-30(29)39-31(33(36)38)20-22-15-17-25(18-16-22)32(37)35-28-12-6-9-24-8-1-2-11-27(24)28/h1-5,7-8,10-11,13-20,28H,6,9,12,21H2,(H,35,37)/b31-20+. The van der Waals surface area contributed by atoms with Gasteiger partial charge in [-0.25, -0.2) is 0 Å². The molecular weight excluding hydrogens is 524 g/mol. The number of carbonyl (C=O) groups is 2. The lowest BCUT2D eigenvalue weighted by molar-refractivity contribution is -0.114. The summed E-state index contributed by atoms with van der Waals surface area (Å²) in [4.78, 5) is 30.1. The quantitative estimate of drug-likeness (QED) is 0.258. The lowest BCUT2D eigenvalue weighted by Crippen LogP contribution is -2.33. The highest BCUT2D eigenvalue weighted by molar-refractivity contribution is 8.04. The first-order valence-corrected chi connectivity index (χ1v) is 14.3. The Hall–Kier alpha value is -3.80. The first-order valence-electron chi connectivity index (χ1n) is 13.1. The van der Waals surface area contributed by atoms with Crippen molar-refractivity contribution in [3.8, 4) is 0 Å². The van der Waals surface area contributed by atoms with Gasteiger partial charge in [0.2, 0.25) is 0 Å². The minimum atomic E-state index is -0.0827. The Balaban J connectivity index is 1.21. The summed E-state index contributed by atoms with van der Waals surface area (Å²) in [6, 6.07) is 31.3. The van der Waals surface area contributed by atoms with Crippen molar-refractivity contribution in [1.29, 1.82) is 0 Å². The fourth-order valence-electron chi connectivity index (χ4n) is 5.26. The van der Waals surface area contributed by atoms with Crippen LogP contribution in [0.2, 0.25) is 5.02 Å². The highest BCUT2D eigenvalue weighted by atomic mass is 35.5. The number of carbonyl (C=O) groups excluding carboxylic acids is 2. The number of hydrogen-bond donors (Lipinski definition) is 1. The number of nitrogens with zero attached hydrogens (tertiary/aromatic N) is 1. The molecule has 0 saturated carbocycles. The first kappa shape index (κ1) is 25.5. The molecule has 0 bridgehead atoms. The number of benzene rings is 4. The van der Waals surface area contributed by atoms with E-state index in [4.69, 9.17) is 11.6 Å². The van der Waals surface area contributed by atoms with Gasteiger partial charge < -0.3 is 10.2 Å². The third-order valence-corrected chi connectivity index (χ3v) is 8.52. The van der Waals surface area contributed by atoms with Gasteiger partial charge in [0.15, 0.2) is 0 Å². The Labute approximate surface area is 237 Å². The lowest BCUT2D eigenvalue weighted by Gasteiger charge is -2.30. The minimum absolute atomic E-state index is 0.0334. The molecule has 4 nitrogen and oxygen atoms in total. The van der Waals surface area contributed by atoms with E-state index in [9.17, 15) is 9.59 Å². The highest BCUT2D eigenvalue weighted by Gasteiger charge is 2.29. The number of thioether (sulfide) groups is 1. The summed E-state index contributed by atoms with van der Waals surface area (Å²) in [6.45, 7) is 0.428. The average molecular weight is 551 g/mol. The maximum Gasteiger partial charge on any atom is 0.265 e. The van der Waals surface area contributed by atoms with Crippen molar-refractivity contribution < 1.29 is 9.59 Å². The van der Waals surface area contributed by atoms with E-state index in [1.165, 1.54) is 22.9 Å². The van der Waals surface area contributed by atoms with Crippen LogP contribution in [0.4, 0.5) is 5.69 Å². The van der Waals surface area contributed by atoms with E-state index in [0.717, 1.165) is 41.0 Å². The average Bonchev–Trinajstić information content (AvgIpc) is 2.96. The number of aryl methyl sites for hydroxylation is 1. The number of fused-ring (bicyclic) bond motifs is 2. The summed E-state index contributed by atoms with van der Waals surface area (Å²) < 4.78 is 0. The van der Waals surface area contributed by atoms with Crippen LogP contribution in [0.5, 0.6) is 0 Å². The predicted octanol–water partition coefficient (Wildman–Crippen LogP) is 7.83. The van der Waals surface area contributed by atoms with Gasteiger partial charge in [-0.05, 0) is 84.0 Å². The summed E-state index contributed by atoms with van der Waals surface area (Å²) in [5.41, 5.74) is 5.86. The molecule has 1 heterocycles. The van der Waals surface area contributed by atoms with Crippen molar-refractivity contribution in [2.24, 2.45) is 0 Å². The van der Waals surface area contributed by atoms with Crippen LogP contribution >= 0.6 is 23.4 Å². The number of nitrogens with one attached hydrogen (secondary N) is 1. The molecule has 6 rings (SSSR count). The second-order valence-electron chi connectivity index (χ2n) is 9.84. The molecule has 2 amide bonds. The molecule has 194 valence electrons. The molecule has 4 aromatic rings. The molecule has 1 atom stereocenters. The van der Waals surface area contributed by atoms with Gasteiger partial charge in [0.1, 0.15) is 0 Å². The van der Waals surface area contributed by atoms with Gasteiger partial charge in [-0.3, -0.25) is 9.59 Å².